The molecular formula is C36H26Cl3F11I2N6O15S3. The van der Waals surface area contributed by atoms with Crippen molar-refractivity contribution in [1.82, 2.24) is 27.4 Å². The Kier molecular flexibility index (Phi) is 20.0. The lowest BCUT2D eigenvalue weighted by molar-refractivity contribution is -0.0586. The van der Waals surface area contributed by atoms with Crippen molar-refractivity contribution >= 4 is 132 Å². The Balaban J connectivity index is 0.000000307. The van der Waals surface area contributed by atoms with E-state index in [0.29, 0.717) is 16.3 Å². The lowest BCUT2D eigenvalue weighted by Crippen LogP contribution is -2.41. The van der Waals surface area contributed by atoms with Crippen LogP contribution in [0, 0.1) is 32.6 Å². The van der Waals surface area contributed by atoms with Crippen molar-refractivity contribution < 1.29 is 86.5 Å². The largest absolute Gasteiger partial charge is 0.534 e. The van der Waals surface area contributed by atoms with Crippen LogP contribution in [0.5, 0.6) is 11.5 Å². The molecule has 0 atom stereocenters. The molecular weight excluding hydrogens is 1420 g/mol. The highest BCUT2D eigenvalue weighted by Gasteiger charge is 2.57. The van der Waals surface area contributed by atoms with Gasteiger partial charge in [-0.2, -0.15) is 64.8 Å². The normalized spacial score (nSPS) is 12.4. The van der Waals surface area contributed by atoms with Crippen LogP contribution in [-0.2, 0) is 62.2 Å². The molecule has 0 saturated carbocycles. The van der Waals surface area contributed by atoms with Crippen LogP contribution >= 0.6 is 80.0 Å². The zero-order valence-electron chi connectivity index (χ0n) is 37.7. The van der Waals surface area contributed by atoms with E-state index in [-0.39, 0.29) is 22.3 Å². The third-order valence-electron chi connectivity index (χ3n) is 9.43. The quantitative estimate of drug-likeness (QED) is 0.0709. The Hall–Kier alpha value is -4.81. The summed E-state index contributed by atoms with van der Waals surface area (Å²) in [5.41, 5.74) is -26.1. The average Bonchev–Trinajstić information content (AvgIpc) is 3.26. The number of benzene rings is 2. The van der Waals surface area contributed by atoms with Crippen molar-refractivity contribution in [2.24, 2.45) is 28.2 Å². The second-order valence-electron chi connectivity index (χ2n) is 14.3. The maximum atomic E-state index is 14.7. The molecule has 420 valence electrons. The van der Waals surface area contributed by atoms with Gasteiger partial charge in [-0.05, 0) is 95.4 Å². The van der Waals surface area contributed by atoms with Crippen LogP contribution in [0.3, 0.4) is 0 Å². The van der Waals surface area contributed by atoms with Gasteiger partial charge in [0.25, 0.3) is 22.2 Å². The molecule has 0 bridgehead atoms. The fourth-order valence-corrected chi connectivity index (χ4v) is 8.92. The molecule has 0 amide bonds. The molecule has 6 aromatic rings. The predicted molar refractivity (Wildman–Crippen MR) is 265 cm³/mol. The van der Waals surface area contributed by atoms with E-state index in [2.05, 4.69) is 4.18 Å². The first-order chi connectivity index (χ1) is 34.2. The lowest BCUT2D eigenvalue weighted by atomic mass is 10.2. The van der Waals surface area contributed by atoms with Gasteiger partial charge < -0.3 is 9.29 Å². The summed E-state index contributed by atoms with van der Waals surface area (Å²) >= 11 is 18.1. The minimum Gasteiger partial charge on any atom is -0.506 e. The molecule has 0 aliphatic rings. The van der Waals surface area contributed by atoms with Gasteiger partial charge in [0, 0.05) is 35.3 Å². The summed E-state index contributed by atoms with van der Waals surface area (Å²) in [5.74, 6) is -3.36. The summed E-state index contributed by atoms with van der Waals surface area (Å²) in [6.07, 6.45) is 0. The summed E-state index contributed by atoms with van der Waals surface area (Å²) in [4.78, 5) is 75.8. The Bertz CT molecular complexity index is 4030. The van der Waals surface area contributed by atoms with E-state index in [1.165, 1.54) is 39.2 Å². The predicted octanol–water partition coefficient (Wildman–Crippen LogP) is 5.50. The van der Waals surface area contributed by atoms with Crippen molar-refractivity contribution in [3.8, 4) is 22.9 Å². The van der Waals surface area contributed by atoms with Gasteiger partial charge >= 0.3 is 58.3 Å². The van der Waals surface area contributed by atoms with Crippen molar-refractivity contribution in [2.45, 2.75) is 34.7 Å². The molecule has 0 spiro atoms. The second kappa shape index (κ2) is 23.3. The third kappa shape index (κ3) is 13.4. The van der Waals surface area contributed by atoms with Gasteiger partial charge in [-0.3, -0.25) is 37.4 Å². The maximum absolute atomic E-state index is 14.7. The number of halogens is 16. The topological polar surface area (TPSA) is 273 Å². The summed E-state index contributed by atoms with van der Waals surface area (Å²) < 4.78 is 210. The second-order valence-corrected chi connectivity index (χ2v) is 23.6. The van der Waals surface area contributed by atoms with Crippen LogP contribution in [0.1, 0.15) is 11.1 Å². The van der Waals surface area contributed by atoms with Crippen LogP contribution in [0.25, 0.3) is 33.4 Å². The fourth-order valence-electron chi connectivity index (χ4n) is 5.93. The molecule has 76 heavy (non-hydrogen) atoms. The van der Waals surface area contributed by atoms with Crippen molar-refractivity contribution in [1.29, 1.82) is 0 Å². The zero-order chi connectivity index (χ0) is 59.2. The van der Waals surface area contributed by atoms with E-state index in [4.69, 9.17) is 34.8 Å². The molecule has 1 N–H and O–H groups in total. The number of aromatic nitrogens is 6. The molecule has 4 aromatic heterocycles. The third-order valence-corrected chi connectivity index (χ3v) is 14.3. The SMILES string of the molecule is Cc1c(O)c2c(=O)n(C)c(=O)n(-c3ccc(I)cc3F)c2n(C)c1=O.Cc1c(OS(=O)(=O)C(F)(F)F)c2c(=O)n(C)c(=O)n(-c3ccc(I)cc3F)c2n(C)c1=O.ClC(Cl)Cl.O=S(=O)(OS(=O)(=O)C(F)(F)F)C(F)(F)F. The Morgan fingerprint density at radius 2 is 0.855 bits per heavy atom. The maximum Gasteiger partial charge on any atom is 0.534 e. The molecule has 0 saturated heterocycles. The van der Waals surface area contributed by atoms with Crippen LogP contribution < -0.4 is 37.8 Å². The Labute approximate surface area is 457 Å². The average molecular weight is 1450 g/mol. The zero-order valence-corrected chi connectivity index (χ0v) is 46.7. The number of hydrogen-bond donors (Lipinski definition) is 1. The van der Waals surface area contributed by atoms with E-state index in [9.17, 15) is 107 Å². The van der Waals surface area contributed by atoms with Gasteiger partial charge in [0.1, 0.15) is 39.5 Å². The lowest BCUT2D eigenvalue weighted by Gasteiger charge is -2.19. The van der Waals surface area contributed by atoms with E-state index < -0.39 is 130 Å². The first-order valence-electron chi connectivity index (χ1n) is 18.8. The smallest absolute Gasteiger partial charge is 0.506 e. The molecule has 2 aromatic carbocycles. The highest BCUT2D eigenvalue weighted by molar-refractivity contribution is 14.1. The summed E-state index contributed by atoms with van der Waals surface area (Å²) in [6, 6.07) is 7.79. The molecule has 0 fully saturated rings. The van der Waals surface area contributed by atoms with E-state index in [1.54, 1.807) is 28.7 Å². The molecule has 6 rings (SSSR count). The standard InChI is InChI=1S/C17H12F4IN3O6S.C16H13FIN3O4.C2F6O5S2.CHCl3/c1-7-12(31-32(29,30)17(19,20)21)11-13(23(2)14(7)26)25(16(28)24(3)15(11)27)10-5-4-8(22)6-9(10)18;1-7-12(22)11-13(19(2)14(7)23)21(16(25)20(3)15(11)24)10-5-4-8(18)6-9(10)17;3-1(4,5)14(9,10)13-15(11,12)2(6,7)8;2-1(3)4/h4-6H,1-3H3;4-6,22H,1-3H3;;1H. The number of aryl methyl sites for hydroxylation is 2. The summed E-state index contributed by atoms with van der Waals surface area (Å²) in [5, 5.41) is 9.25. The number of rotatable bonds is 6. The molecule has 4 heterocycles. The van der Waals surface area contributed by atoms with Gasteiger partial charge in [-0.1, -0.05) is 34.8 Å². The number of hydrogen-bond acceptors (Lipinski definition) is 15. The van der Waals surface area contributed by atoms with Gasteiger partial charge in [0.2, 0.25) is 0 Å². The van der Waals surface area contributed by atoms with Crippen molar-refractivity contribution in [2.75, 3.05) is 0 Å². The number of aromatic hydroxyl groups is 1. The Morgan fingerprint density at radius 3 is 1.18 bits per heavy atom. The number of nitrogens with zero attached hydrogens (tertiary/aromatic N) is 6. The van der Waals surface area contributed by atoms with Crippen LogP contribution in [0.15, 0.2) is 65.2 Å². The van der Waals surface area contributed by atoms with Gasteiger partial charge in [-0.15, -0.1) is 3.63 Å². The first-order valence-corrected chi connectivity index (χ1v) is 26.5. The van der Waals surface area contributed by atoms with E-state index >= 15 is 0 Å². The molecule has 21 nitrogen and oxygen atoms in total. The van der Waals surface area contributed by atoms with Crippen LogP contribution in [-0.4, -0.2) is 78.6 Å². The van der Waals surface area contributed by atoms with Gasteiger partial charge in [0.05, 0.1) is 22.5 Å². The van der Waals surface area contributed by atoms with E-state index in [0.717, 1.165) is 51.4 Å². The molecule has 0 radical (unpaired) electrons. The van der Waals surface area contributed by atoms with Crippen LogP contribution in [0.2, 0.25) is 0 Å². The van der Waals surface area contributed by atoms with Gasteiger partial charge in [0.15, 0.2) is 10.0 Å². The monoisotopic (exact) mass is 1450 g/mol. The first kappa shape index (κ1) is 65.5. The minimum absolute atomic E-state index is 0.0274. The van der Waals surface area contributed by atoms with E-state index in [1.807, 2.05) is 26.2 Å². The fraction of sp³-hybridized carbons (Fsp3) is 0.278. The highest BCUT2D eigenvalue weighted by Crippen LogP contribution is 2.34. The Morgan fingerprint density at radius 1 is 0.539 bits per heavy atom. The van der Waals surface area contributed by atoms with Crippen LogP contribution in [0.4, 0.5) is 48.3 Å². The van der Waals surface area contributed by atoms with Crippen molar-refractivity contribution in [3.63, 3.8) is 0 Å². The number of pyridine rings is 2. The minimum atomic E-state index is -6.85. The molecule has 0 aliphatic heterocycles. The number of alkyl halides is 12. The molecule has 0 unspecified atom stereocenters. The van der Waals surface area contributed by atoms with Crippen molar-refractivity contribution in [3.05, 3.63) is 129 Å². The summed E-state index contributed by atoms with van der Waals surface area (Å²) in [6.45, 7) is 2.32. The highest BCUT2D eigenvalue weighted by atomic mass is 127. The van der Waals surface area contributed by atoms with Gasteiger partial charge in [-0.25, -0.2) is 27.5 Å². The summed E-state index contributed by atoms with van der Waals surface area (Å²) in [7, 11) is -15.4. The number of fused-ring (bicyclic) bond motifs is 2. The molecule has 0 aliphatic carbocycles. The molecule has 40 heteroatoms.